The summed E-state index contributed by atoms with van der Waals surface area (Å²) in [4.78, 5) is 50.7. The average Bonchev–Trinajstić information content (AvgIpc) is 3.11. The summed E-state index contributed by atoms with van der Waals surface area (Å²) in [5.41, 5.74) is 2.69. The van der Waals surface area contributed by atoms with Gasteiger partial charge in [-0.25, -0.2) is 4.79 Å². The molecule has 8 nitrogen and oxygen atoms in total. The maximum Gasteiger partial charge on any atom is 0.337 e. The van der Waals surface area contributed by atoms with Crippen LogP contribution in [0.2, 0.25) is 5.02 Å². The Labute approximate surface area is 222 Å². The van der Waals surface area contributed by atoms with Gasteiger partial charge >= 0.3 is 5.97 Å². The van der Waals surface area contributed by atoms with E-state index >= 15 is 0 Å². The van der Waals surface area contributed by atoms with Crippen LogP contribution in [0.25, 0.3) is 0 Å². The number of methoxy groups -OCH3 is 1. The third-order valence-electron chi connectivity index (χ3n) is 5.59. The second kappa shape index (κ2) is 11.3. The molecule has 0 aromatic heterocycles. The summed E-state index contributed by atoms with van der Waals surface area (Å²) in [6, 6.07) is 19.9. The molecule has 0 spiro atoms. The normalized spacial score (nSPS) is 13.1. The van der Waals surface area contributed by atoms with Gasteiger partial charge in [0.2, 0.25) is 0 Å². The van der Waals surface area contributed by atoms with Crippen molar-refractivity contribution in [1.29, 1.82) is 0 Å². The van der Waals surface area contributed by atoms with Gasteiger partial charge in [0.05, 0.1) is 19.2 Å². The Kier molecular flexibility index (Phi) is 7.91. The third-order valence-corrected chi connectivity index (χ3v) is 6.19. The first-order chi connectivity index (χ1) is 17.8. The lowest BCUT2D eigenvalue weighted by molar-refractivity contribution is -0.138. The fraction of sp³-hybridized carbons (Fsp3) is 0.111. The molecular weight excluding hydrogens is 517 g/mol. The van der Waals surface area contributed by atoms with E-state index in [1.54, 1.807) is 66.7 Å². The summed E-state index contributed by atoms with van der Waals surface area (Å²) in [7, 11) is 1.28. The Hall–Kier alpha value is -4.14. The number of anilines is 1. The number of carbonyl (C=O) groups is 4. The smallest absolute Gasteiger partial charge is 0.337 e. The Balaban J connectivity index is 1.36. The topological polar surface area (TPSA) is 105 Å². The van der Waals surface area contributed by atoms with E-state index in [0.717, 1.165) is 16.0 Å². The average molecular weight is 538 g/mol. The van der Waals surface area contributed by atoms with Crippen LogP contribution in [0, 0.1) is 0 Å². The second-order valence-corrected chi connectivity index (χ2v) is 8.90. The zero-order valence-electron chi connectivity index (χ0n) is 19.6. The zero-order chi connectivity index (χ0) is 26.5. The van der Waals surface area contributed by atoms with Crippen molar-refractivity contribution in [2.24, 2.45) is 0 Å². The molecule has 0 atom stereocenters. The van der Waals surface area contributed by atoms with Gasteiger partial charge in [0.15, 0.2) is 0 Å². The number of halogens is 2. The lowest BCUT2D eigenvalue weighted by Gasteiger charge is -2.15. The van der Waals surface area contributed by atoms with E-state index in [1.807, 2.05) is 0 Å². The van der Waals surface area contributed by atoms with Crippen molar-refractivity contribution in [3.8, 4) is 0 Å². The largest absolute Gasteiger partial charge is 0.465 e. The number of ether oxygens (including phenoxy) is 1. The van der Waals surface area contributed by atoms with Crippen LogP contribution in [0.3, 0.4) is 0 Å². The first kappa shape index (κ1) is 25.9. The standard InChI is InChI=1S/C27H21Cl2N3O5/c1-37-27(36)19-3-2-4-21(13-19)31-24(33)18-9-5-16(6-10-18)14-30-23-22(29)25(34)32(26(23)35)15-17-7-11-20(28)12-8-17/h2-13,30H,14-15H2,1H3,(H,31,33). The maximum atomic E-state index is 12.8. The highest BCUT2D eigenvalue weighted by atomic mass is 35.5. The van der Waals surface area contributed by atoms with Crippen LogP contribution in [0.1, 0.15) is 31.8 Å². The number of benzene rings is 3. The number of nitrogens with one attached hydrogen (secondary N) is 2. The minimum Gasteiger partial charge on any atom is -0.465 e. The van der Waals surface area contributed by atoms with Crippen LogP contribution in [-0.2, 0) is 27.4 Å². The van der Waals surface area contributed by atoms with Crippen LogP contribution in [-0.4, -0.2) is 35.7 Å². The monoisotopic (exact) mass is 537 g/mol. The van der Waals surface area contributed by atoms with E-state index in [-0.39, 0.29) is 29.7 Å². The van der Waals surface area contributed by atoms with Crippen LogP contribution in [0.5, 0.6) is 0 Å². The molecule has 2 N–H and O–H groups in total. The van der Waals surface area contributed by atoms with Gasteiger partial charge in [-0.3, -0.25) is 19.3 Å². The number of imide groups is 1. The molecule has 3 amide bonds. The zero-order valence-corrected chi connectivity index (χ0v) is 21.1. The second-order valence-electron chi connectivity index (χ2n) is 8.09. The molecule has 4 rings (SSSR count). The Bertz CT molecular complexity index is 1400. The van der Waals surface area contributed by atoms with Crippen LogP contribution >= 0.6 is 23.2 Å². The van der Waals surface area contributed by atoms with E-state index in [0.29, 0.717) is 21.8 Å². The Morgan fingerprint density at radius 2 is 1.54 bits per heavy atom. The van der Waals surface area contributed by atoms with Gasteiger partial charge in [0, 0.05) is 22.8 Å². The molecule has 0 aliphatic carbocycles. The minimum absolute atomic E-state index is 0.0212. The molecule has 188 valence electrons. The fourth-order valence-electron chi connectivity index (χ4n) is 3.63. The van der Waals surface area contributed by atoms with Gasteiger partial charge in [-0.1, -0.05) is 53.5 Å². The molecule has 0 saturated carbocycles. The summed E-state index contributed by atoms with van der Waals surface area (Å²) in [6.45, 7) is 0.283. The minimum atomic E-state index is -0.576. The van der Waals surface area contributed by atoms with E-state index in [9.17, 15) is 19.2 Å². The number of nitrogens with zero attached hydrogens (tertiary/aromatic N) is 1. The Morgan fingerprint density at radius 1 is 0.865 bits per heavy atom. The van der Waals surface area contributed by atoms with E-state index in [2.05, 4.69) is 10.6 Å². The van der Waals surface area contributed by atoms with Crippen LogP contribution in [0.15, 0.2) is 83.5 Å². The number of esters is 1. The first-order valence-corrected chi connectivity index (χ1v) is 11.9. The summed E-state index contributed by atoms with van der Waals surface area (Å²) in [5.74, 6) is -1.96. The van der Waals surface area contributed by atoms with Crippen molar-refractivity contribution >= 4 is 52.6 Å². The van der Waals surface area contributed by atoms with Crippen LogP contribution < -0.4 is 10.6 Å². The molecule has 0 unspecified atom stereocenters. The van der Waals surface area contributed by atoms with Crippen LogP contribution in [0.4, 0.5) is 5.69 Å². The van der Waals surface area contributed by atoms with Gasteiger partial charge in [-0.15, -0.1) is 0 Å². The molecule has 1 aliphatic heterocycles. The van der Waals surface area contributed by atoms with Crippen molar-refractivity contribution in [3.05, 3.63) is 111 Å². The predicted octanol–water partition coefficient (Wildman–Crippen LogP) is 4.49. The van der Waals surface area contributed by atoms with Crippen molar-refractivity contribution in [1.82, 2.24) is 10.2 Å². The van der Waals surface area contributed by atoms with Gasteiger partial charge < -0.3 is 15.4 Å². The number of rotatable bonds is 8. The molecule has 0 radical (unpaired) electrons. The molecule has 10 heteroatoms. The number of carbonyl (C=O) groups excluding carboxylic acids is 4. The van der Waals surface area contributed by atoms with Crippen molar-refractivity contribution in [2.75, 3.05) is 12.4 Å². The molecule has 0 fully saturated rings. The molecule has 3 aromatic rings. The molecule has 1 aliphatic rings. The number of hydrogen-bond donors (Lipinski definition) is 2. The van der Waals surface area contributed by atoms with Gasteiger partial charge in [0.25, 0.3) is 17.7 Å². The Morgan fingerprint density at radius 3 is 2.22 bits per heavy atom. The number of hydrogen-bond acceptors (Lipinski definition) is 6. The molecular formula is C27H21Cl2N3O5. The summed E-state index contributed by atoms with van der Waals surface area (Å²) in [6.07, 6.45) is 0. The SMILES string of the molecule is COC(=O)c1cccc(NC(=O)c2ccc(CNC3=C(Cl)C(=O)N(Cc4ccc(Cl)cc4)C3=O)cc2)c1. The summed E-state index contributed by atoms with van der Waals surface area (Å²) < 4.78 is 4.69. The fourth-order valence-corrected chi connectivity index (χ4v) is 4.00. The molecule has 0 bridgehead atoms. The van der Waals surface area contributed by atoms with Gasteiger partial charge in [-0.05, 0) is 53.6 Å². The maximum absolute atomic E-state index is 12.8. The van der Waals surface area contributed by atoms with E-state index in [1.165, 1.54) is 13.2 Å². The molecule has 1 heterocycles. The molecule has 0 saturated heterocycles. The highest BCUT2D eigenvalue weighted by Crippen LogP contribution is 2.25. The lowest BCUT2D eigenvalue weighted by atomic mass is 10.1. The van der Waals surface area contributed by atoms with E-state index in [4.69, 9.17) is 27.9 Å². The highest BCUT2D eigenvalue weighted by Gasteiger charge is 2.37. The third kappa shape index (κ3) is 5.99. The van der Waals surface area contributed by atoms with Gasteiger partial charge in [-0.2, -0.15) is 0 Å². The summed E-state index contributed by atoms with van der Waals surface area (Å²) >= 11 is 12.1. The van der Waals surface area contributed by atoms with Crippen molar-refractivity contribution < 1.29 is 23.9 Å². The van der Waals surface area contributed by atoms with Crippen molar-refractivity contribution in [2.45, 2.75) is 13.1 Å². The summed E-state index contributed by atoms with van der Waals surface area (Å²) in [5, 5.41) is 6.05. The van der Waals surface area contributed by atoms with E-state index < -0.39 is 17.8 Å². The first-order valence-electron chi connectivity index (χ1n) is 11.1. The van der Waals surface area contributed by atoms with Gasteiger partial charge in [0.1, 0.15) is 10.7 Å². The molecule has 37 heavy (non-hydrogen) atoms. The lowest BCUT2D eigenvalue weighted by Crippen LogP contribution is -2.33. The van der Waals surface area contributed by atoms with Crippen molar-refractivity contribution in [3.63, 3.8) is 0 Å². The highest BCUT2D eigenvalue weighted by molar-refractivity contribution is 6.47. The number of amides is 3. The predicted molar refractivity (Wildman–Crippen MR) is 139 cm³/mol. The molecule has 3 aromatic carbocycles. The quantitative estimate of drug-likeness (QED) is 0.324.